The summed E-state index contributed by atoms with van der Waals surface area (Å²) in [6.07, 6.45) is 3.64. The Morgan fingerprint density at radius 2 is 1.82 bits per heavy atom. The molecule has 4 rings (SSSR count). The van der Waals surface area contributed by atoms with Gasteiger partial charge in [0.05, 0.1) is 5.75 Å². The van der Waals surface area contributed by atoms with Crippen molar-refractivity contribution in [1.82, 2.24) is 29.5 Å². The molecular formula is C22H25N9OS2. The van der Waals surface area contributed by atoms with Crippen molar-refractivity contribution in [2.45, 2.75) is 29.7 Å². The van der Waals surface area contributed by atoms with E-state index < -0.39 is 0 Å². The third-order valence-corrected chi connectivity index (χ3v) is 6.53. The molecular weight excluding hydrogens is 470 g/mol. The highest BCUT2D eigenvalue weighted by atomic mass is 32.2. The summed E-state index contributed by atoms with van der Waals surface area (Å²) in [6.45, 7) is 5.33. The van der Waals surface area contributed by atoms with Gasteiger partial charge in [-0.15, -0.1) is 22.0 Å². The highest BCUT2D eigenvalue weighted by molar-refractivity contribution is 7.99. The zero-order valence-corrected chi connectivity index (χ0v) is 20.5. The van der Waals surface area contributed by atoms with Crippen molar-refractivity contribution in [2.24, 2.45) is 0 Å². The van der Waals surface area contributed by atoms with Gasteiger partial charge in [0.25, 0.3) is 5.78 Å². The zero-order chi connectivity index (χ0) is 23.8. The van der Waals surface area contributed by atoms with Gasteiger partial charge in [-0.05, 0) is 49.7 Å². The SMILES string of the molecule is CCNc1nc(NCC)n2c(SCC(=O)Nc3ccc(SCc4cccnc4)cc3)nnc2n1. The lowest BCUT2D eigenvalue weighted by atomic mass is 10.3. The molecule has 176 valence electrons. The van der Waals surface area contributed by atoms with Gasteiger partial charge in [0.15, 0.2) is 5.16 Å². The Morgan fingerprint density at radius 3 is 2.56 bits per heavy atom. The monoisotopic (exact) mass is 495 g/mol. The molecule has 3 N–H and O–H groups in total. The summed E-state index contributed by atoms with van der Waals surface area (Å²) < 4.78 is 1.72. The Hall–Kier alpha value is -3.38. The van der Waals surface area contributed by atoms with Crippen LogP contribution >= 0.6 is 23.5 Å². The maximum atomic E-state index is 12.5. The Morgan fingerprint density at radius 1 is 1.00 bits per heavy atom. The zero-order valence-electron chi connectivity index (χ0n) is 18.9. The number of aromatic nitrogens is 6. The number of anilines is 3. The number of fused-ring (bicyclic) bond motifs is 1. The quantitative estimate of drug-likeness (QED) is 0.265. The van der Waals surface area contributed by atoms with Crippen LogP contribution in [0.1, 0.15) is 19.4 Å². The largest absolute Gasteiger partial charge is 0.355 e. The minimum atomic E-state index is -0.132. The van der Waals surface area contributed by atoms with E-state index in [1.54, 1.807) is 22.4 Å². The summed E-state index contributed by atoms with van der Waals surface area (Å²) in [5.74, 6) is 2.37. The van der Waals surface area contributed by atoms with Gasteiger partial charge in [0.2, 0.25) is 17.8 Å². The molecule has 0 fully saturated rings. The molecule has 0 radical (unpaired) electrons. The summed E-state index contributed by atoms with van der Waals surface area (Å²) in [5, 5.41) is 18.1. The molecule has 0 saturated carbocycles. The maximum absolute atomic E-state index is 12.5. The summed E-state index contributed by atoms with van der Waals surface area (Å²) in [6, 6.07) is 11.8. The lowest BCUT2D eigenvalue weighted by Crippen LogP contribution is -2.15. The van der Waals surface area contributed by atoms with Crippen LogP contribution in [0.25, 0.3) is 5.78 Å². The summed E-state index contributed by atoms with van der Waals surface area (Å²) in [5.41, 5.74) is 1.91. The first-order chi connectivity index (χ1) is 16.7. The van der Waals surface area contributed by atoms with Crippen molar-refractivity contribution in [3.05, 3.63) is 54.4 Å². The van der Waals surface area contributed by atoms with Crippen LogP contribution in [0, 0.1) is 0 Å². The standard InChI is InChI=1S/C22H25N9OS2/c1-3-24-19-27-20(25-4-2)31-21(28-19)29-30-22(31)34-14-18(32)26-16-7-9-17(10-8-16)33-13-15-6-5-11-23-12-15/h5-12H,3-4,13-14H2,1-2H3,(H,26,32)(H2,24,25,27,28,29). The van der Waals surface area contributed by atoms with Gasteiger partial charge < -0.3 is 16.0 Å². The fraction of sp³-hybridized carbons (Fsp3) is 0.273. The summed E-state index contributed by atoms with van der Waals surface area (Å²) in [4.78, 5) is 26.6. The summed E-state index contributed by atoms with van der Waals surface area (Å²) >= 11 is 3.00. The lowest BCUT2D eigenvalue weighted by Gasteiger charge is -2.10. The van der Waals surface area contributed by atoms with E-state index in [2.05, 4.69) is 47.2 Å². The number of nitrogens with zero attached hydrogens (tertiary/aromatic N) is 6. The number of hydrogen-bond acceptors (Lipinski definition) is 10. The van der Waals surface area contributed by atoms with E-state index >= 15 is 0 Å². The van der Waals surface area contributed by atoms with Crippen LogP contribution in [0.4, 0.5) is 17.6 Å². The molecule has 34 heavy (non-hydrogen) atoms. The highest BCUT2D eigenvalue weighted by Gasteiger charge is 2.16. The van der Waals surface area contributed by atoms with Gasteiger partial charge in [-0.3, -0.25) is 9.78 Å². The number of amides is 1. The molecule has 1 aromatic carbocycles. The number of benzene rings is 1. The molecule has 0 spiro atoms. The van der Waals surface area contributed by atoms with Crippen molar-refractivity contribution < 1.29 is 4.79 Å². The molecule has 3 heterocycles. The second kappa shape index (κ2) is 11.7. The smallest absolute Gasteiger partial charge is 0.261 e. The van der Waals surface area contributed by atoms with E-state index in [-0.39, 0.29) is 11.7 Å². The minimum Gasteiger partial charge on any atom is -0.355 e. The van der Waals surface area contributed by atoms with E-state index in [9.17, 15) is 4.79 Å². The minimum absolute atomic E-state index is 0.132. The first-order valence-electron chi connectivity index (χ1n) is 10.8. The molecule has 0 aliphatic carbocycles. The number of nitrogens with one attached hydrogen (secondary N) is 3. The van der Waals surface area contributed by atoms with E-state index in [4.69, 9.17) is 0 Å². The van der Waals surface area contributed by atoms with E-state index in [1.165, 1.54) is 17.3 Å². The molecule has 0 aliphatic rings. The number of pyridine rings is 1. The van der Waals surface area contributed by atoms with Crippen molar-refractivity contribution in [2.75, 3.05) is 34.8 Å². The van der Waals surface area contributed by atoms with Crippen LogP contribution in [0.5, 0.6) is 0 Å². The van der Waals surface area contributed by atoms with Crippen LogP contribution in [-0.4, -0.2) is 54.3 Å². The molecule has 0 unspecified atom stereocenters. The second-order valence-electron chi connectivity index (χ2n) is 7.06. The molecule has 0 aliphatic heterocycles. The van der Waals surface area contributed by atoms with Crippen LogP contribution in [0.2, 0.25) is 0 Å². The normalized spacial score (nSPS) is 10.9. The highest BCUT2D eigenvalue weighted by Crippen LogP contribution is 2.25. The van der Waals surface area contributed by atoms with Gasteiger partial charge in [-0.25, -0.2) is 4.40 Å². The van der Waals surface area contributed by atoms with Crippen LogP contribution in [0.3, 0.4) is 0 Å². The number of carbonyl (C=O) groups excluding carboxylic acids is 1. The number of carbonyl (C=O) groups is 1. The van der Waals surface area contributed by atoms with Crippen LogP contribution in [-0.2, 0) is 10.5 Å². The average Bonchev–Trinajstić information content (AvgIpc) is 3.26. The molecule has 0 atom stereocenters. The van der Waals surface area contributed by atoms with Gasteiger partial charge >= 0.3 is 0 Å². The Kier molecular flexibility index (Phi) is 8.15. The van der Waals surface area contributed by atoms with Gasteiger partial charge in [-0.2, -0.15) is 9.97 Å². The maximum Gasteiger partial charge on any atom is 0.261 e. The summed E-state index contributed by atoms with van der Waals surface area (Å²) in [7, 11) is 0. The molecule has 1 amide bonds. The van der Waals surface area contributed by atoms with Crippen LogP contribution in [0.15, 0.2) is 58.8 Å². The number of thioether (sulfide) groups is 2. The fourth-order valence-electron chi connectivity index (χ4n) is 3.01. The van der Waals surface area contributed by atoms with Crippen LogP contribution < -0.4 is 16.0 Å². The topological polar surface area (TPSA) is 122 Å². The first kappa shape index (κ1) is 23.8. The third kappa shape index (κ3) is 6.14. The second-order valence-corrected chi connectivity index (χ2v) is 9.05. The van der Waals surface area contributed by atoms with E-state index in [0.29, 0.717) is 35.9 Å². The van der Waals surface area contributed by atoms with Crippen molar-refractivity contribution in [3.63, 3.8) is 0 Å². The third-order valence-electron chi connectivity index (χ3n) is 4.51. The Bertz CT molecular complexity index is 1230. The predicted octanol–water partition coefficient (Wildman–Crippen LogP) is 3.80. The number of rotatable bonds is 11. The average molecular weight is 496 g/mol. The Balaban J connectivity index is 1.34. The van der Waals surface area contributed by atoms with Crippen molar-refractivity contribution in [1.29, 1.82) is 0 Å². The first-order valence-corrected chi connectivity index (χ1v) is 12.8. The van der Waals surface area contributed by atoms with E-state index in [0.717, 1.165) is 16.3 Å². The molecule has 12 heteroatoms. The fourth-order valence-corrected chi connectivity index (χ4v) is 4.57. The molecule has 4 aromatic rings. The molecule has 3 aromatic heterocycles. The van der Waals surface area contributed by atoms with Gasteiger partial charge in [0, 0.05) is 41.8 Å². The van der Waals surface area contributed by atoms with Crippen molar-refractivity contribution >= 4 is 52.8 Å². The predicted molar refractivity (Wildman–Crippen MR) is 136 cm³/mol. The molecule has 0 bridgehead atoms. The van der Waals surface area contributed by atoms with Gasteiger partial charge in [0.1, 0.15) is 0 Å². The Labute approximate surface area is 205 Å². The molecule has 0 saturated heterocycles. The number of hydrogen-bond donors (Lipinski definition) is 3. The molecule has 10 nitrogen and oxygen atoms in total. The van der Waals surface area contributed by atoms with Gasteiger partial charge in [-0.1, -0.05) is 17.8 Å². The van der Waals surface area contributed by atoms with Crippen molar-refractivity contribution in [3.8, 4) is 0 Å². The lowest BCUT2D eigenvalue weighted by molar-refractivity contribution is -0.113. The van der Waals surface area contributed by atoms with E-state index in [1.807, 2.05) is 50.4 Å².